The molecule has 0 saturated heterocycles. The molecule has 0 heterocycles. The van der Waals surface area contributed by atoms with Crippen LogP contribution in [0, 0.1) is 17.7 Å². The quantitative estimate of drug-likeness (QED) is 0.832. The van der Waals surface area contributed by atoms with Crippen molar-refractivity contribution in [3.05, 3.63) is 30.1 Å². The number of nitrogens with one attached hydrogen (secondary N) is 1. The molecule has 3 heteroatoms. The summed E-state index contributed by atoms with van der Waals surface area (Å²) in [6.07, 6.45) is 0.790. The molecule has 0 fully saturated rings. The Labute approximate surface area is 95.9 Å². The molecule has 0 aliphatic carbocycles. The second kappa shape index (κ2) is 5.64. The Hall–Kier alpha value is -1.38. The van der Waals surface area contributed by atoms with Crippen molar-refractivity contribution in [2.45, 2.75) is 27.2 Å². The lowest BCUT2D eigenvalue weighted by molar-refractivity contribution is -0.121. The molecule has 1 atom stereocenters. The molecular weight excluding hydrogens is 205 g/mol. The van der Waals surface area contributed by atoms with Crippen LogP contribution in [0.25, 0.3) is 0 Å². The molecule has 16 heavy (non-hydrogen) atoms. The van der Waals surface area contributed by atoms with Crippen LogP contribution in [-0.4, -0.2) is 5.91 Å². The Morgan fingerprint density at radius 2 is 2.12 bits per heavy atom. The molecule has 0 spiro atoms. The van der Waals surface area contributed by atoms with Gasteiger partial charge in [0, 0.05) is 11.6 Å². The first kappa shape index (κ1) is 12.7. The average Bonchev–Trinajstić information content (AvgIpc) is 2.17. The number of hydrogen-bond acceptors (Lipinski definition) is 1. The molecule has 0 radical (unpaired) electrons. The summed E-state index contributed by atoms with van der Waals surface area (Å²) in [6, 6.07) is 5.95. The molecule has 1 N–H and O–H groups in total. The van der Waals surface area contributed by atoms with E-state index in [4.69, 9.17) is 0 Å². The molecule has 1 rings (SSSR count). The van der Waals surface area contributed by atoms with Gasteiger partial charge in [0.1, 0.15) is 5.82 Å². The minimum Gasteiger partial charge on any atom is -0.326 e. The van der Waals surface area contributed by atoms with E-state index in [-0.39, 0.29) is 17.6 Å². The topological polar surface area (TPSA) is 29.1 Å². The van der Waals surface area contributed by atoms with Gasteiger partial charge in [-0.2, -0.15) is 0 Å². The van der Waals surface area contributed by atoms with E-state index in [1.165, 1.54) is 12.1 Å². The molecule has 0 aliphatic rings. The number of benzene rings is 1. The fourth-order valence-electron chi connectivity index (χ4n) is 1.76. The largest absolute Gasteiger partial charge is 0.326 e. The maximum Gasteiger partial charge on any atom is 0.227 e. The SMILES string of the molecule is CCC(C(=O)Nc1cccc(F)c1)C(C)C. The summed E-state index contributed by atoms with van der Waals surface area (Å²) in [5, 5.41) is 2.74. The van der Waals surface area contributed by atoms with Gasteiger partial charge < -0.3 is 5.32 Å². The van der Waals surface area contributed by atoms with E-state index in [2.05, 4.69) is 5.32 Å². The average molecular weight is 223 g/mol. The highest BCUT2D eigenvalue weighted by Crippen LogP contribution is 2.18. The number of halogens is 1. The third kappa shape index (κ3) is 3.33. The van der Waals surface area contributed by atoms with Gasteiger partial charge in [0.05, 0.1) is 0 Å². The zero-order valence-corrected chi connectivity index (χ0v) is 9.96. The zero-order valence-electron chi connectivity index (χ0n) is 9.96. The summed E-state index contributed by atoms with van der Waals surface area (Å²) in [7, 11) is 0. The summed E-state index contributed by atoms with van der Waals surface area (Å²) < 4.78 is 12.9. The van der Waals surface area contributed by atoms with Crippen LogP contribution in [0.1, 0.15) is 27.2 Å². The van der Waals surface area contributed by atoms with Gasteiger partial charge in [-0.25, -0.2) is 4.39 Å². The van der Waals surface area contributed by atoms with Gasteiger partial charge in [-0.3, -0.25) is 4.79 Å². The van der Waals surface area contributed by atoms with Crippen LogP contribution in [-0.2, 0) is 4.79 Å². The van der Waals surface area contributed by atoms with Crippen LogP contribution in [0.3, 0.4) is 0 Å². The first-order chi connectivity index (χ1) is 7.54. The fourth-order valence-corrected chi connectivity index (χ4v) is 1.76. The fraction of sp³-hybridized carbons (Fsp3) is 0.462. The van der Waals surface area contributed by atoms with E-state index in [1.54, 1.807) is 12.1 Å². The lowest BCUT2D eigenvalue weighted by atomic mass is 9.92. The Morgan fingerprint density at radius 1 is 1.44 bits per heavy atom. The van der Waals surface area contributed by atoms with Crippen molar-refractivity contribution in [2.24, 2.45) is 11.8 Å². The Bertz CT molecular complexity index is 363. The summed E-state index contributed by atoms with van der Waals surface area (Å²) >= 11 is 0. The second-order valence-corrected chi connectivity index (χ2v) is 4.26. The molecule has 1 aromatic carbocycles. The molecular formula is C13H18FNO. The van der Waals surface area contributed by atoms with Gasteiger partial charge in [0.2, 0.25) is 5.91 Å². The number of amides is 1. The van der Waals surface area contributed by atoms with Crippen molar-refractivity contribution in [1.29, 1.82) is 0 Å². The van der Waals surface area contributed by atoms with Crippen LogP contribution in [0.15, 0.2) is 24.3 Å². The molecule has 0 aliphatic heterocycles. The molecule has 1 aromatic rings. The lowest BCUT2D eigenvalue weighted by Crippen LogP contribution is -2.26. The smallest absolute Gasteiger partial charge is 0.227 e. The summed E-state index contributed by atoms with van der Waals surface area (Å²) in [5.74, 6) is -0.111. The highest BCUT2D eigenvalue weighted by molar-refractivity contribution is 5.92. The Balaban J connectivity index is 2.70. The Morgan fingerprint density at radius 3 is 2.62 bits per heavy atom. The maximum atomic E-state index is 12.9. The van der Waals surface area contributed by atoms with Gasteiger partial charge in [-0.15, -0.1) is 0 Å². The van der Waals surface area contributed by atoms with Gasteiger partial charge in [0.15, 0.2) is 0 Å². The molecule has 88 valence electrons. The molecule has 1 unspecified atom stereocenters. The third-order valence-electron chi connectivity index (χ3n) is 2.67. The van der Waals surface area contributed by atoms with E-state index in [0.717, 1.165) is 6.42 Å². The lowest BCUT2D eigenvalue weighted by Gasteiger charge is -2.18. The highest BCUT2D eigenvalue weighted by atomic mass is 19.1. The molecule has 0 saturated carbocycles. The van der Waals surface area contributed by atoms with Crippen LogP contribution in [0.5, 0.6) is 0 Å². The van der Waals surface area contributed by atoms with Crippen molar-refractivity contribution >= 4 is 11.6 Å². The van der Waals surface area contributed by atoms with Crippen molar-refractivity contribution in [3.63, 3.8) is 0 Å². The van der Waals surface area contributed by atoms with E-state index >= 15 is 0 Å². The first-order valence-corrected chi connectivity index (χ1v) is 5.61. The van der Waals surface area contributed by atoms with Crippen LogP contribution >= 0.6 is 0 Å². The zero-order chi connectivity index (χ0) is 12.1. The van der Waals surface area contributed by atoms with Gasteiger partial charge in [-0.1, -0.05) is 26.8 Å². The normalized spacial score (nSPS) is 12.6. The Kier molecular flexibility index (Phi) is 4.47. The highest BCUT2D eigenvalue weighted by Gasteiger charge is 2.19. The first-order valence-electron chi connectivity index (χ1n) is 5.61. The van der Waals surface area contributed by atoms with Crippen molar-refractivity contribution in [1.82, 2.24) is 0 Å². The number of carbonyl (C=O) groups excluding carboxylic acids is 1. The summed E-state index contributed by atoms with van der Waals surface area (Å²) in [4.78, 5) is 11.9. The molecule has 0 bridgehead atoms. The van der Waals surface area contributed by atoms with E-state index < -0.39 is 0 Å². The van der Waals surface area contributed by atoms with Crippen molar-refractivity contribution < 1.29 is 9.18 Å². The maximum absolute atomic E-state index is 12.9. The van der Waals surface area contributed by atoms with Crippen LogP contribution in [0.4, 0.5) is 10.1 Å². The molecule has 1 amide bonds. The third-order valence-corrected chi connectivity index (χ3v) is 2.67. The van der Waals surface area contributed by atoms with Gasteiger partial charge in [0.25, 0.3) is 0 Å². The molecule has 0 aromatic heterocycles. The number of rotatable bonds is 4. The monoisotopic (exact) mass is 223 g/mol. The summed E-state index contributed by atoms with van der Waals surface area (Å²) in [6.45, 7) is 6.01. The summed E-state index contributed by atoms with van der Waals surface area (Å²) in [5.41, 5.74) is 0.518. The van der Waals surface area contributed by atoms with Crippen molar-refractivity contribution in [2.75, 3.05) is 5.32 Å². The minimum atomic E-state index is -0.338. The minimum absolute atomic E-state index is 0.0248. The number of anilines is 1. The molecule has 2 nitrogen and oxygen atoms in total. The predicted molar refractivity (Wildman–Crippen MR) is 63.6 cm³/mol. The predicted octanol–water partition coefficient (Wildman–Crippen LogP) is 3.45. The second-order valence-electron chi connectivity index (χ2n) is 4.26. The van der Waals surface area contributed by atoms with Gasteiger partial charge in [-0.05, 0) is 30.5 Å². The van der Waals surface area contributed by atoms with E-state index in [9.17, 15) is 9.18 Å². The standard InChI is InChI=1S/C13H18FNO/c1-4-12(9(2)3)13(16)15-11-7-5-6-10(14)8-11/h5-9,12H,4H2,1-3H3,(H,15,16). The van der Waals surface area contributed by atoms with Gasteiger partial charge >= 0.3 is 0 Å². The van der Waals surface area contributed by atoms with Crippen LogP contribution < -0.4 is 5.32 Å². The van der Waals surface area contributed by atoms with Crippen molar-refractivity contribution in [3.8, 4) is 0 Å². The van der Waals surface area contributed by atoms with E-state index in [1.807, 2.05) is 20.8 Å². The van der Waals surface area contributed by atoms with Crippen LogP contribution in [0.2, 0.25) is 0 Å². The number of carbonyl (C=O) groups is 1. The number of hydrogen-bond donors (Lipinski definition) is 1. The van der Waals surface area contributed by atoms with E-state index in [0.29, 0.717) is 11.6 Å².